The van der Waals surface area contributed by atoms with Crippen LogP contribution in [0.5, 0.6) is 0 Å². The summed E-state index contributed by atoms with van der Waals surface area (Å²) in [5, 5.41) is 0.949. The Balaban J connectivity index is 1.74. The average molecular weight is 254 g/mol. The van der Waals surface area contributed by atoms with Gasteiger partial charge in [-0.25, -0.2) is 4.98 Å². The first-order valence-electron chi connectivity index (χ1n) is 7.03. The number of piperidine rings is 1. The second-order valence-corrected chi connectivity index (χ2v) is 5.95. The van der Waals surface area contributed by atoms with E-state index in [-0.39, 0.29) is 0 Å². The summed E-state index contributed by atoms with van der Waals surface area (Å²) in [7, 11) is 0. The number of hydrogen-bond acceptors (Lipinski definition) is 4. The number of nitrogens with zero attached hydrogens (tertiary/aromatic N) is 3. The standard InChI is InChI=1S/C15H18N4/c16-13-11-4-1-2-5-12(11)17-14(18-13)19-9-3-6-15(10-19)7-8-15/h1-2,4-5H,3,6-10H2,(H2,16,17,18). The van der Waals surface area contributed by atoms with E-state index < -0.39 is 0 Å². The number of nitrogens with two attached hydrogens (primary N) is 1. The molecule has 1 aliphatic carbocycles. The number of hydrogen-bond donors (Lipinski definition) is 1. The topological polar surface area (TPSA) is 55.0 Å². The molecule has 0 atom stereocenters. The van der Waals surface area contributed by atoms with Crippen molar-refractivity contribution in [1.82, 2.24) is 9.97 Å². The Morgan fingerprint density at radius 3 is 2.79 bits per heavy atom. The zero-order valence-corrected chi connectivity index (χ0v) is 11.0. The van der Waals surface area contributed by atoms with Gasteiger partial charge < -0.3 is 10.6 Å². The van der Waals surface area contributed by atoms with Crippen LogP contribution in [0.4, 0.5) is 11.8 Å². The van der Waals surface area contributed by atoms with Crippen LogP contribution in [0.1, 0.15) is 25.7 Å². The number of rotatable bonds is 1. The highest BCUT2D eigenvalue weighted by molar-refractivity contribution is 5.88. The lowest BCUT2D eigenvalue weighted by molar-refractivity contribution is 0.392. The summed E-state index contributed by atoms with van der Waals surface area (Å²) in [4.78, 5) is 11.5. The number of nitrogen functional groups attached to an aromatic ring is 1. The van der Waals surface area contributed by atoms with Crippen molar-refractivity contribution in [3.63, 3.8) is 0 Å². The SMILES string of the molecule is Nc1nc(N2CCCC3(CC3)C2)nc2ccccc12. The minimum Gasteiger partial charge on any atom is -0.383 e. The monoisotopic (exact) mass is 254 g/mol. The highest BCUT2D eigenvalue weighted by Gasteiger charge is 2.45. The van der Waals surface area contributed by atoms with Crippen molar-refractivity contribution in [3.05, 3.63) is 24.3 Å². The fourth-order valence-corrected chi connectivity index (χ4v) is 3.19. The van der Waals surface area contributed by atoms with E-state index in [4.69, 9.17) is 5.73 Å². The summed E-state index contributed by atoms with van der Waals surface area (Å²) in [6, 6.07) is 7.96. The second-order valence-electron chi connectivity index (χ2n) is 5.95. The summed E-state index contributed by atoms with van der Waals surface area (Å²) < 4.78 is 0. The van der Waals surface area contributed by atoms with Gasteiger partial charge in [-0.1, -0.05) is 12.1 Å². The van der Waals surface area contributed by atoms with Gasteiger partial charge in [-0.05, 0) is 43.2 Å². The molecular weight excluding hydrogens is 236 g/mol. The molecule has 2 aromatic rings. The van der Waals surface area contributed by atoms with Crippen LogP contribution < -0.4 is 10.6 Å². The van der Waals surface area contributed by atoms with Crippen LogP contribution in [-0.2, 0) is 0 Å². The predicted molar refractivity (Wildman–Crippen MR) is 77.1 cm³/mol. The Hall–Kier alpha value is -1.84. The number of aromatic nitrogens is 2. The predicted octanol–water partition coefficient (Wildman–Crippen LogP) is 2.59. The highest BCUT2D eigenvalue weighted by atomic mass is 15.3. The summed E-state index contributed by atoms with van der Waals surface area (Å²) in [6.45, 7) is 2.16. The third-order valence-corrected chi connectivity index (χ3v) is 4.52. The van der Waals surface area contributed by atoms with Gasteiger partial charge in [0.1, 0.15) is 5.82 Å². The fourth-order valence-electron chi connectivity index (χ4n) is 3.19. The van der Waals surface area contributed by atoms with Crippen LogP contribution in [-0.4, -0.2) is 23.1 Å². The van der Waals surface area contributed by atoms with E-state index in [0.717, 1.165) is 29.9 Å². The van der Waals surface area contributed by atoms with E-state index >= 15 is 0 Å². The normalized spacial score (nSPS) is 20.9. The third kappa shape index (κ3) is 1.82. The van der Waals surface area contributed by atoms with Gasteiger partial charge in [-0.3, -0.25) is 0 Å². The second kappa shape index (κ2) is 3.83. The van der Waals surface area contributed by atoms with Crippen molar-refractivity contribution < 1.29 is 0 Å². The average Bonchev–Trinajstić information content (AvgIpc) is 3.18. The molecule has 0 bridgehead atoms. The Morgan fingerprint density at radius 2 is 1.95 bits per heavy atom. The van der Waals surface area contributed by atoms with Crippen molar-refractivity contribution in [1.29, 1.82) is 0 Å². The molecular formula is C15H18N4. The Labute approximate surface area is 112 Å². The molecule has 1 aromatic carbocycles. The molecule has 4 rings (SSSR count). The molecule has 4 nitrogen and oxygen atoms in total. The Kier molecular flexibility index (Phi) is 2.22. The van der Waals surface area contributed by atoms with Gasteiger partial charge in [0.25, 0.3) is 0 Å². The zero-order valence-electron chi connectivity index (χ0n) is 11.0. The molecule has 0 radical (unpaired) electrons. The first kappa shape index (κ1) is 11.0. The fraction of sp³-hybridized carbons (Fsp3) is 0.467. The van der Waals surface area contributed by atoms with Gasteiger partial charge in [0.2, 0.25) is 5.95 Å². The molecule has 2 aliphatic rings. The summed E-state index contributed by atoms with van der Waals surface area (Å²) >= 11 is 0. The van der Waals surface area contributed by atoms with Gasteiger partial charge in [0.05, 0.1) is 5.52 Å². The molecule has 1 aliphatic heterocycles. The largest absolute Gasteiger partial charge is 0.383 e. The summed E-state index contributed by atoms with van der Waals surface area (Å²) in [5.74, 6) is 1.40. The molecule has 2 fully saturated rings. The van der Waals surface area contributed by atoms with Crippen LogP contribution in [0.3, 0.4) is 0 Å². The number of benzene rings is 1. The van der Waals surface area contributed by atoms with Crippen LogP contribution in [0.25, 0.3) is 10.9 Å². The molecule has 1 saturated heterocycles. The first-order chi connectivity index (χ1) is 9.26. The number of fused-ring (bicyclic) bond motifs is 1. The molecule has 98 valence electrons. The minimum atomic E-state index is 0.571. The summed E-state index contributed by atoms with van der Waals surface area (Å²) in [5.41, 5.74) is 7.59. The van der Waals surface area contributed by atoms with Crippen LogP contribution in [0.2, 0.25) is 0 Å². The van der Waals surface area contributed by atoms with Gasteiger partial charge in [0, 0.05) is 18.5 Å². The van der Waals surface area contributed by atoms with Crippen molar-refractivity contribution in [2.45, 2.75) is 25.7 Å². The van der Waals surface area contributed by atoms with Crippen LogP contribution in [0.15, 0.2) is 24.3 Å². The van der Waals surface area contributed by atoms with Crippen molar-refractivity contribution in [2.24, 2.45) is 5.41 Å². The third-order valence-electron chi connectivity index (χ3n) is 4.52. The van der Waals surface area contributed by atoms with E-state index in [1.807, 2.05) is 24.3 Å². The molecule has 2 N–H and O–H groups in total. The van der Waals surface area contributed by atoms with E-state index in [1.54, 1.807) is 0 Å². The van der Waals surface area contributed by atoms with Crippen molar-refractivity contribution in [2.75, 3.05) is 23.7 Å². The molecule has 0 unspecified atom stereocenters. The van der Waals surface area contributed by atoms with E-state index in [1.165, 1.54) is 25.7 Å². The molecule has 1 saturated carbocycles. The van der Waals surface area contributed by atoms with Gasteiger partial charge in [-0.15, -0.1) is 0 Å². The van der Waals surface area contributed by atoms with Gasteiger partial charge in [-0.2, -0.15) is 4.98 Å². The van der Waals surface area contributed by atoms with Crippen LogP contribution >= 0.6 is 0 Å². The molecule has 2 heterocycles. The van der Waals surface area contributed by atoms with Gasteiger partial charge >= 0.3 is 0 Å². The zero-order chi connectivity index (χ0) is 12.9. The molecule has 4 heteroatoms. The first-order valence-corrected chi connectivity index (χ1v) is 7.03. The molecule has 1 spiro atoms. The highest BCUT2D eigenvalue weighted by Crippen LogP contribution is 2.52. The lowest BCUT2D eigenvalue weighted by atomic mass is 9.95. The van der Waals surface area contributed by atoms with Crippen LogP contribution in [0, 0.1) is 5.41 Å². The molecule has 0 amide bonds. The maximum atomic E-state index is 6.07. The van der Waals surface area contributed by atoms with Gasteiger partial charge in [0.15, 0.2) is 0 Å². The lowest BCUT2D eigenvalue weighted by Crippen LogP contribution is -2.37. The maximum absolute atomic E-state index is 6.07. The number of para-hydroxylation sites is 1. The Morgan fingerprint density at radius 1 is 1.11 bits per heavy atom. The molecule has 19 heavy (non-hydrogen) atoms. The van der Waals surface area contributed by atoms with E-state index in [9.17, 15) is 0 Å². The van der Waals surface area contributed by atoms with E-state index in [0.29, 0.717) is 11.2 Å². The maximum Gasteiger partial charge on any atom is 0.227 e. The smallest absolute Gasteiger partial charge is 0.227 e. The van der Waals surface area contributed by atoms with Crippen molar-refractivity contribution >= 4 is 22.7 Å². The molecule has 1 aromatic heterocycles. The van der Waals surface area contributed by atoms with Crippen molar-refractivity contribution in [3.8, 4) is 0 Å². The Bertz CT molecular complexity index is 633. The quantitative estimate of drug-likeness (QED) is 0.850. The lowest BCUT2D eigenvalue weighted by Gasteiger charge is -2.33. The summed E-state index contributed by atoms with van der Waals surface area (Å²) in [6.07, 6.45) is 5.35. The number of anilines is 2. The van der Waals surface area contributed by atoms with E-state index in [2.05, 4.69) is 14.9 Å². The minimum absolute atomic E-state index is 0.571.